The summed E-state index contributed by atoms with van der Waals surface area (Å²) in [5.41, 5.74) is 1.42. The molecule has 2 heteroatoms. The molecule has 1 aromatic heterocycles. The molecule has 1 aliphatic carbocycles. The minimum absolute atomic E-state index is 0.796. The van der Waals surface area contributed by atoms with Gasteiger partial charge in [0.05, 0.1) is 0 Å². The summed E-state index contributed by atoms with van der Waals surface area (Å²) in [5, 5.41) is 3.65. The molecule has 1 aromatic rings. The summed E-state index contributed by atoms with van der Waals surface area (Å²) < 4.78 is 2.31. The summed E-state index contributed by atoms with van der Waals surface area (Å²) in [6, 6.07) is 5.15. The molecule has 0 aromatic carbocycles. The molecule has 1 saturated carbocycles. The number of nitrogens with zero attached hydrogens (tertiary/aromatic N) is 1. The number of aromatic nitrogens is 1. The predicted molar refractivity (Wildman–Crippen MR) is 63.7 cm³/mol. The summed E-state index contributed by atoms with van der Waals surface area (Å²) in [5.74, 6) is 0.958. The molecule has 1 N–H and O–H groups in total. The van der Waals surface area contributed by atoms with Gasteiger partial charge in [0.15, 0.2) is 0 Å². The third-order valence-corrected chi connectivity index (χ3v) is 3.39. The minimum Gasteiger partial charge on any atom is -0.351 e. The number of rotatable bonds is 6. The molecule has 0 amide bonds. The first-order valence-electron chi connectivity index (χ1n) is 6.22. The van der Waals surface area contributed by atoms with E-state index in [2.05, 4.69) is 42.1 Å². The molecule has 15 heavy (non-hydrogen) atoms. The lowest BCUT2D eigenvalue weighted by Crippen LogP contribution is -2.19. The molecular formula is C13H22N2. The minimum atomic E-state index is 0.796. The zero-order valence-corrected chi connectivity index (χ0v) is 9.87. The Morgan fingerprint density at radius 1 is 1.47 bits per heavy atom. The van der Waals surface area contributed by atoms with Crippen LogP contribution in [0, 0.1) is 5.92 Å². The average molecular weight is 206 g/mol. The van der Waals surface area contributed by atoms with Crippen molar-refractivity contribution in [3.05, 3.63) is 24.0 Å². The highest BCUT2D eigenvalue weighted by atomic mass is 15.0. The van der Waals surface area contributed by atoms with Gasteiger partial charge in [-0.15, -0.1) is 0 Å². The molecule has 2 rings (SSSR count). The Morgan fingerprint density at radius 2 is 2.33 bits per heavy atom. The largest absolute Gasteiger partial charge is 0.351 e. The van der Waals surface area contributed by atoms with Crippen LogP contribution in [0.1, 0.15) is 38.8 Å². The molecule has 2 nitrogen and oxygen atoms in total. The summed E-state index contributed by atoms with van der Waals surface area (Å²) in [7, 11) is 0. The number of hydrogen-bond acceptors (Lipinski definition) is 1. The van der Waals surface area contributed by atoms with Gasteiger partial charge >= 0.3 is 0 Å². The van der Waals surface area contributed by atoms with Crippen molar-refractivity contribution in [1.29, 1.82) is 0 Å². The SMILES string of the molecule is CCCC1CC1NCc1cccn1CC. The molecule has 84 valence electrons. The lowest BCUT2D eigenvalue weighted by Gasteiger charge is -2.07. The summed E-state index contributed by atoms with van der Waals surface area (Å²) in [6.45, 7) is 6.58. The molecule has 1 fully saturated rings. The number of aryl methyl sites for hydroxylation is 1. The maximum atomic E-state index is 3.65. The normalized spacial score (nSPS) is 24.4. The topological polar surface area (TPSA) is 17.0 Å². The molecule has 0 bridgehead atoms. The van der Waals surface area contributed by atoms with Crippen molar-refractivity contribution >= 4 is 0 Å². The highest BCUT2D eigenvalue weighted by molar-refractivity contribution is 5.08. The van der Waals surface area contributed by atoms with E-state index in [4.69, 9.17) is 0 Å². The Balaban J connectivity index is 1.75. The van der Waals surface area contributed by atoms with E-state index in [0.29, 0.717) is 0 Å². The first-order valence-corrected chi connectivity index (χ1v) is 6.22. The molecule has 0 aliphatic heterocycles. The lowest BCUT2D eigenvalue weighted by atomic mass is 10.2. The van der Waals surface area contributed by atoms with Crippen molar-refractivity contribution < 1.29 is 0 Å². The Kier molecular flexibility index (Phi) is 3.47. The molecule has 2 unspecified atom stereocenters. The fraction of sp³-hybridized carbons (Fsp3) is 0.692. The first-order chi connectivity index (χ1) is 7.35. The van der Waals surface area contributed by atoms with E-state index in [-0.39, 0.29) is 0 Å². The van der Waals surface area contributed by atoms with Gasteiger partial charge in [-0.1, -0.05) is 13.3 Å². The molecule has 0 spiro atoms. The summed E-state index contributed by atoms with van der Waals surface area (Å²) >= 11 is 0. The molecule has 1 aliphatic rings. The maximum Gasteiger partial charge on any atom is 0.0361 e. The highest BCUT2D eigenvalue weighted by Gasteiger charge is 2.35. The monoisotopic (exact) mass is 206 g/mol. The van der Waals surface area contributed by atoms with Gasteiger partial charge in [-0.05, 0) is 37.8 Å². The van der Waals surface area contributed by atoms with Crippen molar-refractivity contribution in [3.8, 4) is 0 Å². The number of hydrogen-bond donors (Lipinski definition) is 1. The quantitative estimate of drug-likeness (QED) is 0.757. The predicted octanol–water partition coefficient (Wildman–Crippen LogP) is 2.79. The van der Waals surface area contributed by atoms with Gasteiger partial charge in [-0.3, -0.25) is 0 Å². The van der Waals surface area contributed by atoms with Crippen LogP contribution in [-0.2, 0) is 13.1 Å². The van der Waals surface area contributed by atoms with Gasteiger partial charge in [-0.2, -0.15) is 0 Å². The molecular weight excluding hydrogens is 184 g/mol. The van der Waals surface area contributed by atoms with E-state index in [1.807, 2.05) is 0 Å². The van der Waals surface area contributed by atoms with Crippen LogP contribution in [0.5, 0.6) is 0 Å². The Morgan fingerprint density at radius 3 is 3.07 bits per heavy atom. The van der Waals surface area contributed by atoms with Crippen LogP contribution in [0.2, 0.25) is 0 Å². The van der Waals surface area contributed by atoms with Crippen molar-refractivity contribution in [3.63, 3.8) is 0 Å². The second-order valence-corrected chi connectivity index (χ2v) is 4.56. The van der Waals surface area contributed by atoms with E-state index in [9.17, 15) is 0 Å². The van der Waals surface area contributed by atoms with Crippen LogP contribution in [0.3, 0.4) is 0 Å². The van der Waals surface area contributed by atoms with Gasteiger partial charge < -0.3 is 9.88 Å². The van der Waals surface area contributed by atoms with E-state index in [1.54, 1.807) is 0 Å². The second kappa shape index (κ2) is 4.84. The molecule has 0 radical (unpaired) electrons. The van der Waals surface area contributed by atoms with Crippen molar-refractivity contribution in [2.45, 2.75) is 52.2 Å². The fourth-order valence-corrected chi connectivity index (χ4v) is 2.34. The van der Waals surface area contributed by atoms with Crippen LogP contribution >= 0.6 is 0 Å². The first kappa shape index (κ1) is 10.7. The van der Waals surface area contributed by atoms with Gasteiger partial charge in [0.2, 0.25) is 0 Å². The van der Waals surface area contributed by atoms with Gasteiger partial charge in [0.25, 0.3) is 0 Å². The zero-order chi connectivity index (χ0) is 10.7. The Labute approximate surface area is 92.7 Å². The molecule has 1 heterocycles. The Bertz CT molecular complexity index is 303. The summed E-state index contributed by atoms with van der Waals surface area (Å²) in [6.07, 6.45) is 6.27. The van der Waals surface area contributed by atoms with Crippen molar-refractivity contribution in [1.82, 2.24) is 9.88 Å². The van der Waals surface area contributed by atoms with Crippen molar-refractivity contribution in [2.75, 3.05) is 0 Å². The van der Waals surface area contributed by atoms with Gasteiger partial charge in [-0.25, -0.2) is 0 Å². The van der Waals surface area contributed by atoms with E-state index in [0.717, 1.165) is 25.0 Å². The number of nitrogens with one attached hydrogen (secondary N) is 1. The van der Waals surface area contributed by atoms with Crippen LogP contribution < -0.4 is 5.32 Å². The van der Waals surface area contributed by atoms with E-state index in [1.165, 1.54) is 25.0 Å². The van der Waals surface area contributed by atoms with Crippen LogP contribution in [-0.4, -0.2) is 10.6 Å². The van der Waals surface area contributed by atoms with E-state index >= 15 is 0 Å². The Hall–Kier alpha value is -0.760. The molecule has 2 atom stereocenters. The third-order valence-electron chi connectivity index (χ3n) is 3.39. The highest BCUT2D eigenvalue weighted by Crippen LogP contribution is 2.34. The zero-order valence-electron chi connectivity index (χ0n) is 9.87. The average Bonchev–Trinajstić information content (AvgIpc) is 2.82. The van der Waals surface area contributed by atoms with Gasteiger partial charge in [0, 0.05) is 31.0 Å². The maximum absolute atomic E-state index is 3.65. The van der Waals surface area contributed by atoms with Gasteiger partial charge in [0.1, 0.15) is 0 Å². The second-order valence-electron chi connectivity index (χ2n) is 4.56. The van der Waals surface area contributed by atoms with Crippen LogP contribution in [0.25, 0.3) is 0 Å². The lowest BCUT2D eigenvalue weighted by molar-refractivity contribution is 0.577. The molecule has 0 saturated heterocycles. The smallest absolute Gasteiger partial charge is 0.0361 e. The van der Waals surface area contributed by atoms with Crippen molar-refractivity contribution in [2.24, 2.45) is 5.92 Å². The van der Waals surface area contributed by atoms with E-state index < -0.39 is 0 Å². The third kappa shape index (κ3) is 2.63. The summed E-state index contributed by atoms with van der Waals surface area (Å²) in [4.78, 5) is 0. The standard InChI is InChI=1S/C13H22N2/c1-3-6-11-9-13(11)14-10-12-7-5-8-15(12)4-2/h5,7-8,11,13-14H,3-4,6,9-10H2,1-2H3. The van der Waals surface area contributed by atoms with Crippen LogP contribution in [0.4, 0.5) is 0 Å². The fourth-order valence-electron chi connectivity index (χ4n) is 2.34. The van der Waals surface area contributed by atoms with Crippen LogP contribution in [0.15, 0.2) is 18.3 Å².